The fourth-order valence-corrected chi connectivity index (χ4v) is 4.07. The number of hydrogen-bond acceptors (Lipinski definition) is 24. The molecular formula is C52H68N28. The third-order valence-corrected chi connectivity index (χ3v) is 7.93. The summed E-state index contributed by atoms with van der Waals surface area (Å²) >= 11 is 0. The Hall–Kier alpha value is -10.8. The summed E-state index contributed by atoms with van der Waals surface area (Å²) < 4.78 is 4.81. The number of aromatic nitrogens is 28. The van der Waals surface area contributed by atoms with Crippen molar-refractivity contribution >= 4 is 0 Å². The monoisotopic (exact) mass is 1080 g/mol. The molecule has 0 saturated heterocycles. The van der Waals surface area contributed by atoms with E-state index in [0.717, 1.165) is 34.0 Å². The van der Waals surface area contributed by atoms with Gasteiger partial charge in [0.05, 0.1) is 25.1 Å². The predicted molar refractivity (Wildman–Crippen MR) is 298 cm³/mol. The Morgan fingerprint density at radius 3 is 1.23 bits per heavy atom. The summed E-state index contributed by atoms with van der Waals surface area (Å²) in [7, 11) is 7.07. The van der Waals surface area contributed by atoms with Gasteiger partial charge in [-0.3, -0.25) is 24.3 Å². The number of aryl methyl sites for hydroxylation is 12. The lowest BCUT2D eigenvalue weighted by atomic mass is 10.3. The highest BCUT2D eigenvalue weighted by Crippen LogP contribution is 1.90. The molecule has 0 aliphatic rings. The Labute approximate surface area is 465 Å². The van der Waals surface area contributed by atoms with Crippen molar-refractivity contribution in [3.63, 3.8) is 0 Å². The highest BCUT2D eigenvalue weighted by atomic mass is 15.7. The van der Waals surface area contributed by atoms with Crippen molar-refractivity contribution in [3.05, 3.63) is 243 Å². The van der Waals surface area contributed by atoms with E-state index in [9.17, 15) is 0 Å². The summed E-state index contributed by atoms with van der Waals surface area (Å²) in [6.45, 7) is 15.7. The van der Waals surface area contributed by atoms with E-state index in [2.05, 4.69) is 122 Å². The Bertz CT molecular complexity index is 2490. The molecule has 0 spiro atoms. The van der Waals surface area contributed by atoms with Gasteiger partial charge >= 0.3 is 0 Å². The number of rotatable bonds is 0. The topological polar surface area (TPSA) is 329 Å². The van der Waals surface area contributed by atoms with Crippen LogP contribution in [0.3, 0.4) is 0 Å². The van der Waals surface area contributed by atoms with Crippen LogP contribution in [-0.4, -0.2) is 141 Å². The molecule has 28 nitrogen and oxygen atoms in total. The highest BCUT2D eigenvalue weighted by Gasteiger charge is 1.80. The van der Waals surface area contributed by atoms with Gasteiger partial charge in [-0.15, -0.1) is 15.0 Å². The molecule has 12 aromatic heterocycles. The summed E-state index contributed by atoms with van der Waals surface area (Å²) in [5.74, 6) is 0.822. The minimum absolute atomic E-state index is 0.822. The minimum atomic E-state index is 0.822. The average molecular weight is 1090 g/mol. The molecule has 0 fully saturated rings. The van der Waals surface area contributed by atoms with Crippen LogP contribution >= 0.6 is 0 Å². The molecule has 12 aromatic rings. The van der Waals surface area contributed by atoms with E-state index in [-0.39, 0.29) is 0 Å². The van der Waals surface area contributed by atoms with Gasteiger partial charge in [0.2, 0.25) is 0 Å². The van der Waals surface area contributed by atoms with Gasteiger partial charge in [0, 0.05) is 113 Å². The standard InChI is InChI=1S/3C6H7N.5C5H6N2.2C3H5N3.C2H4N4.CH3N5/c1-6-2-4-7-5-3-6;1-6-3-2-4-7-5-6;1-6-4-2-3-5-7-6;1-5-2-6-4-7-3-5;1-5-2-3-6-4-7-5;1-5-2-3-6-7-4-5;1-5-6-3-2-4-7-5;1-5-3-2-4-6-7-5;1-6-3-4-2-5-6;1-6-3-2-4-5-6;1-6-2-3-4-5-6;1-6-4-2-3-5-6/h3*2-5H,1H3;5*2-4H,1H3;2*2-3H,1H3;2H,1H3;1H3. The van der Waals surface area contributed by atoms with Crippen LogP contribution in [0.1, 0.15) is 45.2 Å². The quantitative estimate of drug-likeness (QED) is 0.180. The molecule has 0 radical (unpaired) electrons. The van der Waals surface area contributed by atoms with Gasteiger partial charge in [0.1, 0.15) is 37.5 Å². The van der Waals surface area contributed by atoms with Crippen LogP contribution in [0.15, 0.2) is 197 Å². The van der Waals surface area contributed by atoms with E-state index in [1.165, 1.54) is 45.9 Å². The van der Waals surface area contributed by atoms with Crippen molar-refractivity contribution in [2.75, 3.05) is 0 Å². The van der Waals surface area contributed by atoms with Crippen LogP contribution in [0.25, 0.3) is 0 Å². The fourth-order valence-electron chi connectivity index (χ4n) is 4.07. The van der Waals surface area contributed by atoms with E-state index in [4.69, 9.17) is 0 Å². The summed E-state index contributed by atoms with van der Waals surface area (Å²) in [6.07, 6.45) is 33.9. The maximum atomic E-state index is 3.98. The third-order valence-electron chi connectivity index (χ3n) is 7.93. The van der Waals surface area contributed by atoms with Gasteiger partial charge in [0.25, 0.3) is 0 Å². The molecule has 0 amide bonds. The first-order valence-corrected chi connectivity index (χ1v) is 23.8. The maximum absolute atomic E-state index is 3.98. The molecule has 80 heavy (non-hydrogen) atoms. The molecule has 0 saturated carbocycles. The molecular weight excluding hydrogens is 1020 g/mol. The Kier molecular flexibility index (Phi) is 39.2. The van der Waals surface area contributed by atoms with Crippen LogP contribution in [0, 0.1) is 55.4 Å². The number of nitrogens with zero attached hydrogens (tertiary/aromatic N) is 28. The first-order chi connectivity index (χ1) is 38.7. The first-order valence-electron chi connectivity index (χ1n) is 23.8. The van der Waals surface area contributed by atoms with Gasteiger partial charge in [-0.25, -0.2) is 39.6 Å². The van der Waals surface area contributed by atoms with Gasteiger partial charge in [0.15, 0.2) is 0 Å². The zero-order chi connectivity index (χ0) is 58.5. The highest BCUT2D eigenvalue weighted by molar-refractivity contribution is 5.06. The Morgan fingerprint density at radius 2 is 0.975 bits per heavy atom. The largest absolute Gasteiger partial charge is 0.265 e. The Morgan fingerprint density at radius 1 is 0.325 bits per heavy atom. The van der Waals surface area contributed by atoms with E-state index >= 15 is 0 Å². The van der Waals surface area contributed by atoms with Crippen molar-refractivity contribution in [1.29, 1.82) is 0 Å². The molecule has 0 aliphatic carbocycles. The number of tetrazole rings is 1. The van der Waals surface area contributed by atoms with Crippen LogP contribution in [-0.2, 0) is 28.2 Å². The normalized spacial score (nSPS) is 8.75. The summed E-state index contributed by atoms with van der Waals surface area (Å²) in [6, 6.07) is 23.1. The molecule has 12 heterocycles. The fraction of sp³-hybridized carbons (Fsp3) is 0.231. The second-order valence-electron chi connectivity index (χ2n) is 15.4. The molecule has 0 unspecified atom stereocenters. The SMILES string of the molecule is Cc1ccccn1.Cc1cccnc1.Cc1cccnn1.Cc1ccncc1.Cc1ccncn1.Cc1ccnnc1.Cc1cncnc1.Cc1ncccn1.Cn1ccnn1.Cn1cncn1.Cn1cnnn1.Cn1nnnn1. The van der Waals surface area contributed by atoms with Crippen molar-refractivity contribution in [3.8, 4) is 0 Å². The Balaban J connectivity index is 0.000000437. The van der Waals surface area contributed by atoms with E-state index in [0.29, 0.717) is 0 Å². The lowest BCUT2D eigenvalue weighted by molar-refractivity contribution is 0.622. The van der Waals surface area contributed by atoms with Crippen molar-refractivity contribution in [2.24, 2.45) is 28.2 Å². The van der Waals surface area contributed by atoms with E-state index in [1.54, 1.807) is 123 Å². The van der Waals surface area contributed by atoms with E-state index < -0.39 is 0 Å². The summed E-state index contributed by atoms with van der Waals surface area (Å²) in [5.41, 5.74) is 7.76. The van der Waals surface area contributed by atoms with Crippen molar-refractivity contribution in [1.82, 2.24) is 141 Å². The van der Waals surface area contributed by atoms with Crippen LogP contribution in [0.5, 0.6) is 0 Å². The minimum Gasteiger partial charge on any atom is -0.265 e. The molecule has 28 heteroatoms. The predicted octanol–water partition coefficient (Wildman–Crippen LogP) is 5.54. The summed E-state index contributed by atoms with van der Waals surface area (Å²) in [5, 5.41) is 48.7. The van der Waals surface area contributed by atoms with Crippen LogP contribution in [0.4, 0.5) is 0 Å². The van der Waals surface area contributed by atoms with Gasteiger partial charge < -0.3 is 0 Å². The average Bonchev–Trinajstić information content (AvgIpc) is 4.35. The first kappa shape index (κ1) is 67.2. The second kappa shape index (κ2) is 46.7. The lowest BCUT2D eigenvalue weighted by Gasteiger charge is -1.82. The molecule has 12 rings (SSSR count). The molecule has 0 N–H and O–H groups in total. The number of hydrogen-bond donors (Lipinski definition) is 0. The van der Waals surface area contributed by atoms with Gasteiger partial charge in [-0.1, -0.05) is 17.3 Å². The second-order valence-corrected chi connectivity index (χ2v) is 15.4. The smallest absolute Gasteiger partial charge is 0.137 e. The molecule has 0 aromatic carbocycles. The van der Waals surface area contributed by atoms with Crippen LogP contribution < -0.4 is 0 Å². The molecule has 0 bridgehead atoms. The molecule has 0 atom stereocenters. The number of pyridine rings is 3. The van der Waals surface area contributed by atoms with Crippen LogP contribution in [0.2, 0.25) is 0 Å². The zero-order valence-corrected chi connectivity index (χ0v) is 47.0. The summed E-state index contributed by atoms with van der Waals surface area (Å²) in [4.78, 5) is 39.5. The third kappa shape index (κ3) is 44.7. The van der Waals surface area contributed by atoms with Crippen molar-refractivity contribution in [2.45, 2.75) is 55.4 Å². The van der Waals surface area contributed by atoms with Gasteiger partial charge in [-0.05, 0) is 170 Å². The maximum Gasteiger partial charge on any atom is 0.137 e. The zero-order valence-electron chi connectivity index (χ0n) is 47.0. The molecule has 416 valence electrons. The lowest BCUT2D eigenvalue weighted by Crippen LogP contribution is -1.91. The van der Waals surface area contributed by atoms with E-state index in [1.807, 2.05) is 142 Å². The van der Waals surface area contributed by atoms with Gasteiger partial charge in [-0.2, -0.15) is 25.5 Å². The molecule has 0 aliphatic heterocycles. The van der Waals surface area contributed by atoms with Crippen molar-refractivity contribution < 1.29 is 0 Å².